The number of H-pyrrole nitrogens is 1. The number of para-hydroxylation sites is 1. The lowest BCUT2D eigenvalue weighted by Gasteiger charge is -2.31. The van der Waals surface area contributed by atoms with E-state index in [1.165, 1.54) is 39.3 Å². The molecule has 9 N–H and O–H groups in total. The first kappa shape index (κ1) is 53.6. The molecule has 0 spiro atoms. The number of aliphatic hydroxyl groups is 1. The maximum absolute atomic E-state index is 14.5. The van der Waals surface area contributed by atoms with Crippen molar-refractivity contribution in [1.29, 1.82) is 0 Å². The predicted molar refractivity (Wildman–Crippen MR) is 282 cm³/mol. The Labute approximate surface area is 437 Å². The predicted octanol–water partition coefficient (Wildman–Crippen LogP) is 4.67. The third-order valence-corrected chi connectivity index (χ3v) is 15.9. The topological polar surface area (TPSA) is 297 Å². The number of rotatable bonds is 21. The van der Waals surface area contributed by atoms with Crippen LogP contribution in [-0.4, -0.2) is 88.7 Å². The monoisotopic (exact) mass is 1060 g/mol. The summed E-state index contributed by atoms with van der Waals surface area (Å²) in [5.74, 6) is -4.88. The first-order valence-corrected chi connectivity index (χ1v) is 27.4. The molecule has 3 aliphatic rings. The Bertz CT molecular complexity index is 3340. The lowest BCUT2D eigenvalue weighted by atomic mass is 10.0. The summed E-state index contributed by atoms with van der Waals surface area (Å²) in [6, 6.07) is 22.1. The SMILES string of the molecule is C[C@@H](OCc1ccc(CCCCCCc2ccc3c(c2)n(C)c(=O)n3C2CCC(=O)NC2=O)cc1)[C@H](CCC(N)=O)NC(=O)[C@@H]1Cc2cccc3c2N1C(=O)[C@@H](NC(=O)c1cc2cc(C(O)P(=O)(O)O)ccc2[nH]1)CC3. The van der Waals surface area contributed by atoms with Gasteiger partial charge in [-0.3, -0.25) is 52.7 Å². The highest BCUT2D eigenvalue weighted by atomic mass is 31.2. The van der Waals surface area contributed by atoms with E-state index >= 15 is 0 Å². The largest absolute Gasteiger partial charge is 0.376 e. The maximum atomic E-state index is 14.5. The highest BCUT2D eigenvalue weighted by Crippen LogP contribution is 2.50. The number of nitrogens with two attached hydrogens (primary N) is 1. The normalized spacial score (nSPS) is 18.8. The van der Waals surface area contributed by atoms with Crippen molar-refractivity contribution in [3.63, 3.8) is 0 Å². The fourth-order valence-electron chi connectivity index (χ4n) is 10.8. The Kier molecular flexibility index (Phi) is 15.9. The lowest BCUT2D eigenvalue weighted by Crippen LogP contribution is -2.56. The van der Waals surface area contributed by atoms with Crippen LogP contribution in [-0.2, 0) is 72.6 Å². The van der Waals surface area contributed by atoms with Gasteiger partial charge in [0, 0.05) is 37.2 Å². The number of piperidine rings is 1. The molecule has 0 saturated carbocycles. The number of hydrogen-bond acceptors (Lipinski definition) is 10. The van der Waals surface area contributed by atoms with Crippen LogP contribution in [0.3, 0.4) is 0 Å². The summed E-state index contributed by atoms with van der Waals surface area (Å²) in [7, 11) is -3.15. The molecule has 21 heteroatoms. The molecule has 2 unspecified atom stereocenters. The molecule has 2 aromatic heterocycles. The number of imide groups is 1. The van der Waals surface area contributed by atoms with Gasteiger partial charge >= 0.3 is 13.3 Å². The number of carbonyl (C=O) groups is 6. The van der Waals surface area contributed by atoms with Crippen LogP contribution in [0.5, 0.6) is 0 Å². The Morgan fingerprint density at radius 2 is 1.57 bits per heavy atom. The van der Waals surface area contributed by atoms with E-state index in [1.54, 1.807) is 11.6 Å². The number of nitrogens with one attached hydrogen (secondary N) is 4. The number of nitrogens with zero attached hydrogens (tertiary/aromatic N) is 3. The number of aromatic amines is 1. The molecule has 1 fully saturated rings. The van der Waals surface area contributed by atoms with E-state index in [2.05, 4.69) is 33.1 Å². The summed E-state index contributed by atoms with van der Waals surface area (Å²) < 4.78 is 21.0. The van der Waals surface area contributed by atoms with Crippen LogP contribution >= 0.6 is 7.60 Å². The van der Waals surface area contributed by atoms with E-state index < -0.39 is 73.2 Å². The molecule has 6 amide bonds. The highest BCUT2D eigenvalue weighted by Gasteiger charge is 2.45. The van der Waals surface area contributed by atoms with Crippen molar-refractivity contribution < 1.29 is 53.0 Å². The van der Waals surface area contributed by atoms with Gasteiger partial charge in [0.2, 0.25) is 29.5 Å². The van der Waals surface area contributed by atoms with Gasteiger partial charge in [-0.05, 0) is 122 Å². The Hall–Kier alpha value is -7.22. The second kappa shape index (κ2) is 22.5. The quantitative estimate of drug-likeness (QED) is 0.0277. The van der Waals surface area contributed by atoms with Crippen LogP contribution < -0.4 is 32.3 Å². The summed E-state index contributed by atoms with van der Waals surface area (Å²) in [4.78, 5) is 115. The highest BCUT2D eigenvalue weighted by molar-refractivity contribution is 7.51. The van der Waals surface area contributed by atoms with Crippen molar-refractivity contribution >= 4 is 70.7 Å². The molecule has 0 aliphatic carbocycles. The van der Waals surface area contributed by atoms with Crippen LogP contribution in [0.2, 0.25) is 0 Å². The summed E-state index contributed by atoms with van der Waals surface area (Å²) >= 11 is 0. The number of amides is 6. The van der Waals surface area contributed by atoms with Crippen molar-refractivity contribution in [2.75, 3.05) is 4.90 Å². The molecular formula is C55H63N8O12P. The van der Waals surface area contributed by atoms with Gasteiger partial charge in [-0.1, -0.05) is 67.4 Å². The van der Waals surface area contributed by atoms with E-state index in [0.717, 1.165) is 66.3 Å². The van der Waals surface area contributed by atoms with Gasteiger partial charge in [0.15, 0.2) is 5.85 Å². The molecule has 0 bridgehead atoms. The summed E-state index contributed by atoms with van der Waals surface area (Å²) in [6.45, 7) is 2.06. The molecule has 20 nitrogen and oxygen atoms in total. The minimum atomic E-state index is -4.84. The standard InChI is InChI=1S/C55H63N8O12P/c1-31(75-30-34-14-12-32(13-15-34)8-5-3-4-6-9-33-16-22-43-45(26-33)61(2)55(71)62(43)44-23-25-48(65)60-51(44)67)39(21-24-47(56)64)58-52(68)46-29-36-11-7-10-35-17-20-41(53(69)63(46)49(35)36)59-50(66)42-28-38-27-37(18-19-40(38)57-42)54(70)76(72,73)74/h7,10-16,18-19,22,26-28,31,39,41,44,46,54,57,70H,3-6,8-9,17,20-21,23-25,29-30H2,1-2H3,(H2,56,64)(H,58,68)(H,59,66)(H,60,65,67)(H2,72,73,74)/t31-,39+,41+,44?,46+,54?/m1/s1. The molecule has 9 rings (SSSR count). The van der Waals surface area contributed by atoms with Crippen LogP contribution in [0.4, 0.5) is 5.69 Å². The van der Waals surface area contributed by atoms with Gasteiger partial charge in [-0.2, -0.15) is 0 Å². The van der Waals surface area contributed by atoms with Crippen LogP contribution in [0.25, 0.3) is 21.9 Å². The molecular weight excluding hydrogens is 996 g/mol. The minimum absolute atomic E-state index is 0.0146. The smallest absolute Gasteiger partial charge is 0.358 e. The van der Waals surface area contributed by atoms with Gasteiger partial charge in [0.25, 0.3) is 5.91 Å². The van der Waals surface area contributed by atoms with Gasteiger partial charge < -0.3 is 41.0 Å². The number of carbonyl (C=O) groups excluding carboxylic acids is 6. The summed E-state index contributed by atoms with van der Waals surface area (Å²) in [5.41, 5.74) is 12.8. The van der Waals surface area contributed by atoms with E-state index in [-0.39, 0.29) is 61.6 Å². The average molecular weight is 1060 g/mol. The minimum Gasteiger partial charge on any atom is -0.376 e. The number of aliphatic hydroxyl groups excluding tert-OH is 1. The number of fused-ring (bicyclic) bond motifs is 2. The fourth-order valence-corrected chi connectivity index (χ4v) is 11.3. The number of imidazole rings is 1. The number of ether oxygens (including phenoxy) is 1. The zero-order valence-electron chi connectivity index (χ0n) is 42.3. The van der Waals surface area contributed by atoms with E-state index in [9.17, 15) is 53.0 Å². The maximum Gasteiger partial charge on any atom is 0.358 e. The number of aromatic nitrogens is 3. The Morgan fingerprint density at radius 3 is 2.29 bits per heavy atom. The van der Waals surface area contributed by atoms with E-state index in [1.807, 2.05) is 55.5 Å². The Morgan fingerprint density at radius 1 is 0.855 bits per heavy atom. The molecule has 1 saturated heterocycles. The van der Waals surface area contributed by atoms with Gasteiger partial charge in [0.1, 0.15) is 23.8 Å². The first-order valence-electron chi connectivity index (χ1n) is 25.8. The number of unbranched alkanes of at least 4 members (excludes halogenated alkanes) is 3. The molecule has 3 aliphatic heterocycles. The van der Waals surface area contributed by atoms with Gasteiger partial charge in [0.05, 0.1) is 35.5 Å². The molecule has 76 heavy (non-hydrogen) atoms. The molecule has 0 radical (unpaired) electrons. The van der Waals surface area contributed by atoms with Gasteiger partial charge in [-0.25, -0.2) is 4.79 Å². The molecule has 6 aromatic rings. The second-order valence-electron chi connectivity index (χ2n) is 20.3. The lowest BCUT2D eigenvalue weighted by molar-refractivity contribution is -0.135. The molecule has 4 aromatic carbocycles. The number of primary amides is 1. The van der Waals surface area contributed by atoms with Crippen molar-refractivity contribution in [2.24, 2.45) is 12.8 Å². The zero-order chi connectivity index (χ0) is 54.0. The van der Waals surface area contributed by atoms with Crippen LogP contribution in [0.1, 0.15) is 120 Å². The van der Waals surface area contributed by atoms with E-state index in [4.69, 9.17) is 10.5 Å². The number of benzene rings is 4. The Balaban J connectivity index is 0.767. The van der Waals surface area contributed by atoms with Crippen molar-refractivity contribution in [3.05, 3.63) is 134 Å². The number of aryl methyl sites for hydroxylation is 4. The third kappa shape index (κ3) is 11.6. The van der Waals surface area contributed by atoms with Crippen LogP contribution in [0.15, 0.2) is 89.7 Å². The van der Waals surface area contributed by atoms with Gasteiger partial charge in [-0.15, -0.1) is 0 Å². The second-order valence-corrected chi connectivity index (χ2v) is 21.9. The zero-order valence-corrected chi connectivity index (χ0v) is 43.2. The number of anilines is 1. The van der Waals surface area contributed by atoms with E-state index in [0.29, 0.717) is 34.9 Å². The fraction of sp³-hybridized carbons (Fsp3) is 0.400. The molecule has 5 heterocycles. The van der Waals surface area contributed by atoms with Crippen molar-refractivity contribution in [1.82, 2.24) is 30.1 Å². The first-order chi connectivity index (χ1) is 36.3. The van der Waals surface area contributed by atoms with Crippen LogP contribution in [0, 0.1) is 0 Å². The summed E-state index contributed by atoms with van der Waals surface area (Å²) in [6.07, 6.45) is 6.83. The third-order valence-electron chi connectivity index (χ3n) is 15.0. The number of hydrogen-bond donors (Lipinski definition) is 8. The van der Waals surface area contributed by atoms with Crippen molar-refractivity contribution in [2.45, 2.75) is 133 Å². The summed E-state index contributed by atoms with van der Waals surface area (Å²) in [5, 5.41) is 18.8. The average Bonchev–Trinajstić information content (AvgIpc) is 4.08. The van der Waals surface area contributed by atoms with Crippen molar-refractivity contribution in [3.8, 4) is 0 Å². The molecule has 6 atom stereocenters. The molecule has 400 valence electrons.